The van der Waals surface area contributed by atoms with E-state index >= 15 is 0 Å². The van der Waals surface area contributed by atoms with Crippen molar-refractivity contribution in [1.82, 2.24) is 4.90 Å². The van der Waals surface area contributed by atoms with E-state index in [-0.39, 0.29) is 24.6 Å². The third-order valence-electron chi connectivity index (χ3n) is 2.67. The minimum Gasteiger partial charge on any atom is -0.466 e. The Hall–Kier alpha value is -0.650. The second-order valence-electron chi connectivity index (χ2n) is 4.64. The van der Waals surface area contributed by atoms with Crippen LogP contribution in [0.25, 0.3) is 0 Å². The van der Waals surface area contributed by atoms with Gasteiger partial charge in [0.1, 0.15) is 0 Å². The van der Waals surface area contributed by atoms with Crippen molar-refractivity contribution in [2.75, 3.05) is 26.2 Å². The van der Waals surface area contributed by atoms with Crippen LogP contribution < -0.4 is 0 Å². The highest BCUT2D eigenvalue weighted by molar-refractivity contribution is 5.69. The number of carbonyl (C=O) groups is 1. The van der Waals surface area contributed by atoms with E-state index in [1.54, 1.807) is 6.92 Å². The molecule has 0 aliphatic carbocycles. The van der Waals surface area contributed by atoms with Crippen LogP contribution in [0.2, 0.25) is 0 Å². The molecule has 1 rings (SSSR count). The lowest BCUT2D eigenvalue weighted by molar-refractivity contribution is -0.146. The summed E-state index contributed by atoms with van der Waals surface area (Å²) in [7, 11) is 0. The molecule has 5 heteroatoms. The van der Waals surface area contributed by atoms with Crippen LogP contribution in [-0.2, 0) is 14.3 Å². The van der Waals surface area contributed by atoms with Crippen molar-refractivity contribution in [1.29, 1.82) is 0 Å². The first-order valence-corrected chi connectivity index (χ1v) is 6.22. The van der Waals surface area contributed by atoms with Gasteiger partial charge >= 0.3 is 5.97 Å². The third kappa shape index (κ3) is 5.48. The molecule has 1 N–H and O–H groups in total. The van der Waals surface area contributed by atoms with Crippen molar-refractivity contribution in [2.24, 2.45) is 0 Å². The maximum absolute atomic E-state index is 11.2. The minimum absolute atomic E-state index is 0.0635. The first-order chi connectivity index (χ1) is 8.01. The average Bonchev–Trinajstić information content (AvgIpc) is 2.14. The molecule has 1 saturated heterocycles. The van der Waals surface area contributed by atoms with Crippen molar-refractivity contribution >= 4 is 5.97 Å². The molecule has 0 aromatic rings. The summed E-state index contributed by atoms with van der Waals surface area (Å²) in [5.41, 5.74) is 0. The summed E-state index contributed by atoms with van der Waals surface area (Å²) in [5, 5.41) is 9.79. The van der Waals surface area contributed by atoms with Gasteiger partial charge in [0.15, 0.2) is 0 Å². The maximum atomic E-state index is 11.2. The number of hydrogen-bond donors (Lipinski definition) is 1. The molecule has 3 unspecified atom stereocenters. The number of β-amino-alcohol motifs (C(OH)–C–C–N with tert-alkyl or cyclic N) is 1. The van der Waals surface area contributed by atoms with Gasteiger partial charge in [0.25, 0.3) is 0 Å². The lowest BCUT2D eigenvalue weighted by Crippen LogP contribution is -2.48. The van der Waals surface area contributed by atoms with Crippen LogP contribution in [0.3, 0.4) is 0 Å². The SMILES string of the molecule is CCOC(=O)CC(O)CN1CC(C)OC(C)C1. The van der Waals surface area contributed by atoms with Gasteiger partial charge in [0, 0.05) is 19.6 Å². The van der Waals surface area contributed by atoms with Crippen molar-refractivity contribution in [2.45, 2.75) is 45.5 Å². The van der Waals surface area contributed by atoms with E-state index in [4.69, 9.17) is 9.47 Å². The molecule has 0 radical (unpaired) electrons. The number of hydrogen-bond acceptors (Lipinski definition) is 5. The maximum Gasteiger partial charge on any atom is 0.308 e. The van der Waals surface area contributed by atoms with Crippen LogP contribution in [-0.4, -0.2) is 60.5 Å². The van der Waals surface area contributed by atoms with Gasteiger partial charge in [-0.25, -0.2) is 0 Å². The van der Waals surface area contributed by atoms with E-state index in [2.05, 4.69) is 4.90 Å². The van der Waals surface area contributed by atoms with Crippen LogP contribution in [0.5, 0.6) is 0 Å². The molecule has 0 spiro atoms. The largest absolute Gasteiger partial charge is 0.466 e. The molecule has 1 heterocycles. The van der Waals surface area contributed by atoms with E-state index in [1.165, 1.54) is 0 Å². The number of nitrogens with zero attached hydrogens (tertiary/aromatic N) is 1. The molecule has 1 fully saturated rings. The highest BCUT2D eigenvalue weighted by Gasteiger charge is 2.24. The van der Waals surface area contributed by atoms with Gasteiger partial charge in [-0.1, -0.05) is 0 Å². The minimum atomic E-state index is -0.661. The Morgan fingerprint density at radius 1 is 1.47 bits per heavy atom. The van der Waals surface area contributed by atoms with Gasteiger partial charge < -0.3 is 14.6 Å². The van der Waals surface area contributed by atoms with Gasteiger partial charge in [0.2, 0.25) is 0 Å². The lowest BCUT2D eigenvalue weighted by Gasteiger charge is -2.36. The Kier molecular flexibility index (Phi) is 5.88. The lowest BCUT2D eigenvalue weighted by atomic mass is 10.2. The number of esters is 1. The van der Waals surface area contributed by atoms with Gasteiger partial charge in [-0.2, -0.15) is 0 Å². The monoisotopic (exact) mass is 245 g/mol. The number of morpholine rings is 1. The number of ether oxygens (including phenoxy) is 2. The van der Waals surface area contributed by atoms with Crippen LogP contribution >= 0.6 is 0 Å². The second-order valence-corrected chi connectivity index (χ2v) is 4.64. The van der Waals surface area contributed by atoms with Crippen molar-refractivity contribution in [3.63, 3.8) is 0 Å². The topological polar surface area (TPSA) is 59.0 Å². The van der Waals surface area contributed by atoms with E-state index < -0.39 is 6.10 Å². The molecule has 1 aliphatic heterocycles. The Labute approximate surface area is 103 Å². The number of rotatable bonds is 5. The summed E-state index contributed by atoms with van der Waals surface area (Å²) in [4.78, 5) is 13.3. The second kappa shape index (κ2) is 6.93. The summed E-state index contributed by atoms with van der Waals surface area (Å²) in [6.45, 7) is 8.23. The zero-order valence-corrected chi connectivity index (χ0v) is 10.9. The summed E-state index contributed by atoms with van der Waals surface area (Å²) in [6.07, 6.45) is -0.248. The Balaban J connectivity index is 2.30. The standard InChI is InChI=1S/C12H23NO4/c1-4-16-12(15)5-11(14)8-13-6-9(2)17-10(3)7-13/h9-11,14H,4-8H2,1-3H3. The van der Waals surface area contributed by atoms with E-state index in [1.807, 2.05) is 13.8 Å². The molecule has 3 atom stereocenters. The quantitative estimate of drug-likeness (QED) is 0.711. The van der Waals surface area contributed by atoms with Crippen LogP contribution in [0.1, 0.15) is 27.2 Å². The van der Waals surface area contributed by atoms with Crippen LogP contribution in [0, 0.1) is 0 Å². The Bertz CT molecular complexity index is 237. The molecule has 17 heavy (non-hydrogen) atoms. The number of aliphatic hydroxyl groups excluding tert-OH is 1. The highest BCUT2D eigenvalue weighted by Crippen LogP contribution is 2.11. The highest BCUT2D eigenvalue weighted by atomic mass is 16.5. The molecular formula is C12H23NO4. The predicted octanol–water partition coefficient (Wildman–Crippen LogP) is 0.410. The summed E-state index contributed by atoms with van der Waals surface area (Å²) in [5.74, 6) is -0.339. The fourth-order valence-corrected chi connectivity index (χ4v) is 2.21. The zero-order chi connectivity index (χ0) is 12.8. The summed E-state index contributed by atoms with van der Waals surface area (Å²) >= 11 is 0. The van der Waals surface area contributed by atoms with E-state index in [0.717, 1.165) is 13.1 Å². The summed E-state index contributed by atoms with van der Waals surface area (Å²) in [6, 6.07) is 0. The van der Waals surface area contributed by atoms with Crippen molar-refractivity contribution in [3.05, 3.63) is 0 Å². The fraction of sp³-hybridized carbons (Fsp3) is 0.917. The molecule has 0 saturated carbocycles. The summed E-state index contributed by atoms with van der Waals surface area (Å²) < 4.78 is 10.4. The first-order valence-electron chi connectivity index (χ1n) is 6.22. The van der Waals surface area contributed by atoms with E-state index in [0.29, 0.717) is 13.2 Å². The van der Waals surface area contributed by atoms with E-state index in [9.17, 15) is 9.90 Å². The van der Waals surface area contributed by atoms with Crippen LogP contribution in [0.15, 0.2) is 0 Å². The smallest absolute Gasteiger partial charge is 0.308 e. The normalized spacial score (nSPS) is 27.8. The van der Waals surface area contributed by atoms with Gasteiger partial charge in [-0.05, 0) is 20.8 Å². The predicted molar refractivity (Wildman–Crippen MR) is 63.7 cm³/mol. The molecule has 1 aliphatic rings. The molecule has 0 amide bonds. The fourth-order valence-electron chi connectivity index (χ4n) is 2.21. The Morgan fingerprint density at radius 2 is 2.06 bits per heavy atom. The zero-order valence-electron chi connectivity index (χ0n) is 10.9. The molecular weight excluding hydrogens is 222 g/mol. The van der Waals surface area contributed by atoms with Crippen molar-refractivity contribution in [3.8, 4) is 0 Å². The number of carbonyl (C=O) groups excluding carboxylic acids is 1. The molecule has 0 aromatic carbocycles. The van der Waals surface area contributed by atoms with Gasteiger partial charge in [-0.15, -0.1) is 0 Å². The first kappa shape index (κ1) is 14.4. The molecule has 0 aromatic heterocycles. The molecule has 0 bridgehead atoms. The molecule has 100 valence electrons. The van der Waals surface area contributed by atoms with Gasteiger partial charge in [-0.3, -0.25) is 9.69 Å². The molecule has 5 nitrogen and oxygen atoms in total. The average molecular weight is 245 g/mol. The van der Waals surface area contributed by atoms with Crippen LogP contribution in [0.4, 0.5) is 0 Å². The Morgan fingerprint density at radius 3 is 2.59 bits per heavy atom. The van der Waals surface area contributed by atoms with Gasteiger partial charge in [0.05, 0.1) is 31.3 Å². The third-order valence-corrected chi connectivity index (χ3v) is 2.67. The van der Waals surface area contributed by atoms with Crippen molar-refractivity contribution < 1.29 is 19.4 Å². The number of aliphatic hydroxyl groups is 1.